The van der Waals surface area contributed by atoms with Crippen LogP contribution in [0.1, 0.15) is 27.4 Å². The molecule has 86 valence electrons. The minimum atomic E-state index is -1.16. The van der Waals surface area contributed by atoms with Crippen LogP contribution < -0.4 is 5.32 Å². The first-order valence-electron chi connectivity index (χ1n) is 4.43. The Labute approximate surface area is 90.1 Å². The van der Waals surface area contributed by atoms with Crippen LogP contribution in [0.2, 0.25) is 0 Å². The van der Waals surface area contributed by atoms with Crippen molar-refractivity contribution in [1.29, 1.82) is 0 Å². The monoisotopic (exact) mass is 226 g/mol. The molecule has 0 aliphatic heterocycles. The largest absolute Gasteiger partial charge is 0.481 e. The number of aromatic carboxylic acids is 1. The topological polar surface area (TPSA) is 119 Å². The Morgan fingerprint density at radius 2 is 1.81 bits per heavy atom. The van der Waals surface area contributed by atoms with Crippen molar-refractivity contribution in [3.63, 3.8) is 0 Å². The van der Waals surface area contributed by atoms with E-state index in [1.165, 1.54) is 12.1 Å². The summed E-state index contributed by atoms with van der Waals surface area (Å²) in [7, 11) is 0. The number of rotatable bonds is 5. The van der Waals surface area contributed by atoms with E-state index in [0.717, 1.165) is 0 Å². The van der Waals surface area contributed by atoms with Crippen LogP contribution in [-0.2, 0) is 4.79 Å². The molecule has 0 unspecified atom stereocenters. The number of aromatic amines is 1. The van der Waals surface area contributed by atoms with Crippen molar-refractivity contribution in [2.45, 2.75) is 6.42 Å². The number of hydrogen-bond donors (Lipinski definition) is 4. The summed E-state index contributed by atoms with van der Waals surface area (Å²) in [6, 6.07) is 2.58. The third kappa shape index (κ3) is 3.12. The number of nitrogens with one attached hydrogen (secondary N) is 2. The second-order valence-corrected chi connectivity index (χ2v) is 2.99. The van der Waals surface area contributed by atoms with Gasteiger partial charge in [-0.15, -0.1) is 0 Å². The number of carboxylic acid groups (broad SMARTS) is 2. The molecular weight excluding hydrogens is 216 g/mol. The van der Waals surface area contributed by atoms with Crippen LogP contribution in [0.25, 0.3) is 0 Å². The van der Waals surface area contributed by atoms with Gasteiger partial charge in [0, 0.05) is 6.54 Å². The van der Waals surface area contributed by atoms with E-state index in [1.54, 1.807) is 0 Å². The number of carboxylic acids is 2. The highest BCUT2D eigenvalue weighted by Crippen LogP contribution is 2.01. The first kappa shape index (κ1) is 11.8. The molecule has 0 aliphatic rings. The highest BCUT2D eigenvalue weighted by Gasteiger charge is 2.11. The van der Waals surface area contributed by atoms with E-state index < -0.39 is 17.8 Å². The second-order valence-electron chi connectivity index (χ2n) is 2.99. The van der Waals surface area contributed by atoms with Crippen molar-refractivity contribution in [2.24, 2.45) is 0 Å². The molecule has 0 spiro atoms. The predicted molar refractivity (Wildman–Crippen MR) is 52.3 cm³/mol. The van der Waals surface area contributed by atoms with Crippen molar-refractivity contribution in [3.8, 4) is 0 Å². The number of aromatic nitrogens is 1. The molecule has 1 aromatic heterocycles. The van der Waals surface area contributed by atoms with Gasteiger partial charge in [-0.3, -0.25) is 9.59 Å². The Morgan fingerprint density at radius 3 is 2.31 bits per heavy atom. The van der Waals surface area contributed by atoms with Crippen LogP contribution in [0.15, 0.2) is 12.1 Å². The molecule has 0 aliphatic carbocycles. The fraction of sp³-hybridized carbons (Fsp3) is 0.222. The van der Waals surface area contributed by atoms with Crippen LogP contribution in [0, 0.1) is 0 Å². The quantitative estimate of drug-likeness (QED) is 0.559. The lowest BCUT2D eigenvalue weighted by molar-refractivity contribution is -0.136. The fourth-order valence-electron chi connectivity index (χ4n) is 1.03. The standard InChI is InChI=1S/C9H10N2O5/c12-7(13)3-4-10-8(14)5-1-2-6(11-5)9(15)16/h1-2,11H,3-4H2,(H,10,14)(H,12,13)(H,15,16). The van der Waals surface area contributed by atoms with Gasteiger partial charge in [-0.25, -0.2) is 4.79 Å². The van der Waals surface area contributed by atoms with Crippen LogP contribution in [0.3, 0.4) is 0 Å². The Balaban J connectivity index is 2.53. The summed E-state index contributed by atoms with van der Waals surface area (Å²) in [5, 5.41) is 19.3. The first-order chi connectivity index (χ1) is 7.50. The third-order valence-corrected chi connectivity index (χ3v) is 1.79. The molecule has 0 saturated carbocycles. The Hall–Kier alpha value is -2.31. The van der Waals surface area contributed by atoms with Crippen molar-refractivity contribution >= 4 is 17.8 Å². The summed E-state index contributed by atoms with van der Waals surface area (Å²) >= 11 is 0. The van der Waals surface area contributed by atoms with Crippen molar-refractivity contribution < 1.29 is 24.6 Å². The van der Waals surface area contributed by atoms with Crippen molar-refractivity contribution in [3.05, 3.63) is 23.5 Å². The molecule has 0 aromatic carbocycles. The van der Waals surface area contributed by atoms with Gasteiger partial charge in [-0.1, -0.05) is 0 Å². The summed E-state index contributed by atoms with van der Waals surface area (Å²) in [6.07, 6.45) is -0.182. The number of H-pyrrole nitrogens is 1. The van der Waals surface area contributed by atoms with E-state index in [9.17, 15) is 14.4 Å². The molecule has 1 heterocycles. The Morgan fingerprint density at radius 1 is 1.19 bits per heavy atom. The summed E-state index contributed by atoms with van der Waals surface area (Å²) in [5.41, 5.74) is -0.00817. The van der Waals surface area contributed by atoms with Crippen molar-refractivity contribution in [2.75, 3.05) is 6.54 Å². The van der Waals surface area contributed by atoms with E-state index in [1.807, 2.05) is 0 Å². The van der Waals surface area contributed by atoms with E-state index in [4.69, 9.17) is 10.2 Å². The van der Waals surface area contributed by atoms with Crippen LogP contribution in [0.5, 0.6) is 0 Å². The molecule has 0 atom stereocenters. The zero-order valence-corrected chi connectivity index (χ0v) is 8.19. The molecule has 0 fully saturated rings. The lowest BCUT2D eigenvalue weighted by Gasteiger charge is -2.00. The minimum Gasteiger partial charge on any atom is -0.481 e. The van der Waals surface area contributed by atoms with E-state index in [-0.39, 0.29) is 24.4 Å². The van der Waals surface area contributed by atoms with Gasteiger partial charge >= 0.3 is 11.9 Å². The highest BCUT2D eigenvalue weighted by atomic mass is 16.4. The maximum Gasteiger partial charge on any atom is 0.352 e. The summed E-state index contributed by atoms with van der Waals surface area (Å²) in [6.45, 7) is -0.00437. The highest BCUT2D eigenvalue weighted by molar-refractivity contribution is 5.95. The Kier molecular flexibility index (Phi) is 3.65. The van der Waals surface area contributed by atoms with E-state index >= 15 is 0 Å². The Bertz CT molecular complexity index is 423. The van der Waals surface area contributed by atoms with E-state index in [2.05, 4.69) is 10.3 Å². The fourth-order valence-corrected chi connectivity index (χ4v) is 1.03. The molecule has 1 aromatic rings. The zero-order valence-electron chi connectivity index (χ0n) is 8.19. The van der Waals surface area contributed by atoms with Gasteiger partial charge in [0.2, 0.25) is 0 Å². The number of carbonyl (C=O) groups is 3. The van der Waals surface area contributed by atoms with Gasteiger partial charge < -0.3 is 20.5 Å². The lowest BCUT2D eigenvalue weighted by atomic mass is 10.3. The number of carbonyl (C=O) groups excluding carboxylic acids is 1. The summed E-state index contributed by atoms with van der Waals surface area (Å²) in [5.74, 6) is -2.71. The van der Waals surface area contributed by atoms with Gasteiger partial charge in [0.15, 0.2) is 0 Å². The second kappa shape index (κ2) is 4.96. The van der Waals surface area contributed by atoms with E-state index in [0.29, 0.717) is 0 Å². The lowest BCUT2D eigenvalue weighted by Crippen LogP contribution is -2.26. The first-order valence-corrected chi connectivity index (χ1v) is 4.43. The average Bonchev–Trinajstić information content (AvgIpc) is 2.65. The molecular formula is C9H10N2O5. The predicted octanol–water partition coefficient (Wildman–Crippen LogP) is -0.0826. The number of amides is 1. The maximum absolute atomic E-state index is 11.3. The normalized spacial score (nSPS) is 9.75. The van der Waals surface area contributed by atoms with Gasteiger partial charge in [-0.2, -0.15) is 0 Å². The van der Waals surface area contributed by atoms with Gasteiger partial charge in [0.05, 0.1) is 6.42 Å². The molecule has 4 N–H and O–H groups in total. The maximum atomic E-state index is 11.3. The average molecular weight is 226 g/mol. The SMILES string of the molecule is O=C(O)CCNC(=O)c1ccc(C(=O)O)[nH]1. The molecule has 1 amide bonds. The molecule has 0 radical (unpaired) electrons. The summed E-state index contributed by atoms with van der Waals surface area (Å²) in [4.78, 5) is 34.4. The molecule has 0 bridgehead atoms. The number of hydrogen-bond acceptors (Lipinski definition) is 3. The smallest absolute Gasteiger partial charge is 0.352 e. The van der Waals surface area contributed by atoms with Crippen LogP contribution in [-0.4, -0.2) is 39.6 Å². The van der Waals surface area contributed by atoms with Gasteiger partial charge in [0.25, 0.3) is 5.91 Å². The minimum absolute atomic E-state index is 0.00437. The van der Waals surface area contributed by atoms with Crippen LogP contribution in [0.4, 0.5) is 0 Å². The van der Waals surface area contributed by atoms with Crippen molar-refractivity contribution in [1.82, 2.24) is 10.3 Å². The molecule has 7 heteroatoms. The molecule has 1 rings (SSSR count). The third-order valence-electron chi connectivity index (χ3n) is 1.79. The molecule has 7 nitrogen and oxygen atoms in total. The molecule has 0 saturated heterocycles. The number of aliphatic carboxylic acids is 1. The summed E-state index contributed by atoms with van der Waals surface area (Å²) < 4.78 is 0. The zero-order chi connectivity index (χ0) is 12.1. The molecule has 16 heavy (non-hydrogen) atoms. The van der Waals surface area contributed by atoms with Gasteiger partial charge in [-0.05, 0) is 12.1 Å². The van der Waals surface area contributed by atoms with Crippen LogP contribution >= 0.6 is 0 Å². The van der Waals surface area contributed by atoms with Gasteiger partial charge in [0.1, 0.15) is 11.4 Å².